The van der Waals surface area contributed by atoms with Crippen molar-refractivity contribution in [3.63, 3.8) is 0 Å². The Bertz CT molecular complexity index is 524. The predicted octanol–water partition coefficient (Wildman–Crippen LogP) is 2.40. The lowest BCUT2D eigenvalue weighted by Crippen LogP contribution is -2.46. The SMILES string of the molecule is COCCC(=O)CCC(=O)C1CC2CC(C)C(=O)CC2C(=O)C1C. The normalized spacial score (nSPS) is 33.2. The molecule has 0 aromatic rings. The molecule has 0 heterocycles. The van der Waals surface area contributed by atoms with E-state index in [1.807, 2.05) is 6.92 Å². The molecule has 2 saturated carbocycles. The summed E-state index contributed by atoms with van der Waals surface area (Å²) in [5.74, 6) is -0.432. The van der Waals surface area contributed by atoms with Crippen molar-refractivity contribution in [3.8, 4) is 0 Å². The average molecular weight is 336 g/mol. The Balaban J connectivity index is 1.95. The van der Waals surface area contributed by atoms with E-state index in [4.69, 9.17) is 4.74 Å². The third-order valence-corrected chi connectivity index (χ3v) is 5.82. The average Bonchev–Trinajstić information content (AvgIpc) is 2.56. The molecule has 0 N–H and O–H groups in total. The van der Waals surface area contributed by atoms with Gasteiger partial charge in [0, 0.05) is 56.5 Å². The van der Waals surface area contributed by atoms with Crippen LogP contribution in [0, 0.1) is 29.6 Å². The van der Waals surface area contributed by atoms with Crippen LogP contribution in [0.15, 0.2) is 0 Å². The summed E-state index contributed by atoms with van der Waals surface area (Å²) in [6, 6.07) is 0. The van der Waals surface area contributed by atoms with Gasteiger partial charge in [-0.05, 0) is 18.8 Å². The number of Topliss-reactive ketones (excluding diaryl/α,β-unsaturated/α-hetero) is 4. The molecule has 134 valence electrons. The maximum atomic E-state index is 12.6. The van der Waals surface area contributed by atoms with Gasteiger partial charge >= 0.3 is 0 Å². The zero-order chi connectivity index (χ0) is 17.9. The molecule has 2 rings (SSSR count). The first-order valence-electron chi connectivity index (χ1n) is 8.94. The molecule has 0 aliphatic heterocycles. The Hall–Kier alpha value is -1.36. The highest BCUT2D eigenvalue weighted by molar-refractivity contribution is 5.96. The van der Waals surface area contributed by atoms with E-state index in [-0.39, 0.29) is 65.6 Å². The van der Waals surface area contributed by atoms with E-state index < -0.39 is 0 Å². The van der Waals surface area contributed by atoms with Crippen molar-refractivity contribution in [1.29, 1.82) is 0 Å². The minimum absolute atomic E-state index is 0.0150. The van der Waals surface area contributed by atoms with Crippen molar-refractivity contribution in [2.75, 3.05) is 13.7 Å². The Morgan fingerprint density at radius 2 is 1.79 bits per heavy atom. The second-order valence-corrected chi connectivity index (χ2v) is 7.45. The van der Waals surface area contributed by atoms with E-state index in [1.54, 1.807) is 14.0 Å². The maximum Gasteiger partial charge on any atom is 0.140 e. The molecule has 0 saturated heterocycles. The van der Waals surface area contributed by atoms with Crippen molar-refractivity contribution in [1.82, 2.24) is 0 Å². The smallest absolute Gasteiger partial charge is 0.140 e. The van der Waals surface area contributed by atoms with Gasteiger partial charge in [-0.1, -0.05) is 13.8 Å². The van der Waals surface area contributed by atoms with E-state index in [2.05, 4.69) is 0 Å². The van der Waals surface area contributed by atoms with E-state index in [9.17, 15) is 19.2 Å². The lowest BCUT2D eigenvalue weighted by molar-refractivity contribution is -0.146. The van der Waals surface area contributed by atoms with Gasteiger partial charge in [0.2, 0.25) is 0 Å². The molecule has 0 spiro atoms. The number of hydrogen-bond acceptors (Lipinski definition) is 5. The van der Waals surface area contributed by atoms with Crippen LogP contribution in [-0.2, 0) is 23.9 Å². The number of fused-ring (bicyclic) bond motifs is 1. The number of carbonyl (C=O) groups is 4. The predicted molar refractivity (Wildman–Crippen MR) is 88.4 cm³/mol. The first-order valence-corrected chi connectivity index (χ1v) is 8.94. The van der Waals surface area contributed by atoms with Crippen LogP contribution in [-0.4, -0.2) is 36.8 Å². The molecule has 0 radical (unpaired) electrons. The third kappa shape index (κ3) is 4.18. The second kappa shape index (κ2) is 8.15. The monoisotopic (exact) mass is 336 g/mol. The first-order chi connectivity index (χ1) is 11.3. The van der Waals surface area contributed by atoms with Gasteiger partial charge in [-0.2, -0.15) is 0 Å². The van der Waals surface area contributed by atoms with Crippen molar-refractivity contribution in [2.24, 2.45) is 29.6 Å². The van der Waals surface area contributed by atoms with Crippen molar-refractivity contribution in [2.45, 2.75) is 52.4 Å². The van der Waals surface area contributed by atoms with E-state index in [0.29, 0.717) is 32.3 Å². The first kappa shape index (κ1) is 19.0. The van der Waals surface area contributed by atoms with E-state index >= 15 is 0 Å². The van der Waals surface area contributed by atoms with Gasteiger partial charge in [-0.15, -0.1) is 0 Å². The number of carbonyl (C=O) groups excluding carboxylic acids is 4. The lowest BCUT2D eigenvalue weighted by atomic mass is 9.60. The van der Waals surface area contributed by atoms with Crippen LogP contribution in [0.2, 0.25) is 0 Å². The van der Waals surface area contributed by atoms with Gasteiger partial charge < -0.3 is 4.74 Å². The summed E-state index contributed by atoms with van der Waals surface area (Å²) in [5, 5.41) is 0. The standard InChI is InChI=1S/C19H28O5/c1-11-8-13-9-15(12(2)19(23)16(13)10-18(11)22)17(21)5-4-14(20)6-7-24-3/h11-13,15-16H,4-10H2,1-3H3. The highest BCUT2D eigenvalue weighted by Gasteiger charge is 2.47. The molecule has 5 heteroatoms. The largest absolute Gasteiger partial charge is 0.384 e. The second-order valence-electron chi connectivity index (χ2n) is 7.45. The summed E-state index contributed by atoms with van der Waals surface area (Å²) in [6.45, 7) is 4.09. The summed E-state index contributed by atoms with van der Waals surface area (Å²) in [4.78, 5) is 48.8. The van der Waals surface area contributed by atoms with Gasteiger partial charge in [0.05, 0.1) is 6.61 Å². The van der Waals surface area contributed by atoms with E-state index in [1.165, 1.54) is 0 Å². The number of methoxy groups -OCH3 is 1. The van der Waals surface area contributed by atoms with Crippen LogP contribution in [0.25, 0.3) is 0 Å². The number of rotatable bonds is 7. The zero-order valence-electron chi connectivity index (χ0n) is 14.9. The summed E-state index contributed by atoms with van der Waals surface area (Å²) >= 11 is 0. The van der Waals surface area contributed by atoms with Crippen LogP contribution in [0.4, 0.5) is 0 Å². The Morgan fingerprint density at radius 3 is 2.46 bits per heavy atom. The quantitative estimate of drug-likeness (QED) is 0.713. The number of hydrogen-bond donors (Lipinski definition) is 0. The Kier molecular flexibility index (Phi) is 6.44. The minimum Gasteiger partial charge on any atom is -0.384 e. The molecule has 0 amide bonds. The fraction of sp³-hybridized carbons (Fsp3) is 0.789. The van der Waals surface area contributed by atoms with E-state index in [0.717, 1.165) is 0 Å². The Morgan fingerprint density at radius 1 is 1.08 bits per heavy atom. The number of ketones is 4. The Labute approximate surface area is 143 Å². The third-order valence-electron chi connectivity index (χ3n) is 5.82. The highest BCUT2D eigenvalue weighted by atomic mass is 16.5. The molecule has 2 fully saturated rings. The molecule has 5 atom stereocenters. The van der Waals surface area contributed by atoms with Crippen molar-refractivity contribution < 1.29 is 23.9 Å². The molecular formula is C19H28O5. The van der Waals surface area contributed by atoms with Gasteiger partial charge in [0.15, 0.2) is 0 Å². The molecule has 0 aromatic carbocycles. The fourth-order valence-electron chi connectivity index (χ4n) is 4.19. The van der Waals surface area contributed by atoms with Crippen molar-refractivity contribution in [3.05, 3.63) is 0 Å². The molecule has 5 nitrogen and oxygen atoms in total. The lowest BCUT2D eigenvalue weighted by Gasteiger charge is -2.42. The highest BCUT2D eigenvalue weighted by Crippen LogP contribution is 2.44. The van der Waals surface area contributed by atoms with Crippen LogP contribution >= 0.6 is 0 Å². The maximum absolute atomic E-state index is 12.6. The summed E-state index contributed by atoms with van der Waals surface area (Å²) < 4.78 is 4.87. The van der Waals surface area contributed by atoms with Crippen LogP contribution < -0.4 is 0 Å². The van der Waals surface area contributed by atoms with Gasteiger partial charge in [-0.3, -0.25) is 19.2 Å². The molecular weight excluding hydrogens is 308 g/mol. The molecule has 2 aliphatic carbocycles. The minimum atomic E-state index is -0.339. The van der Waals surface area contributed by atoms with Crippen LogP contribution in [0.5, 0.6) is 0 Å². The summed E-state index contributed by atoms with van der Waals surface area (Å²) in [7, 11) is 1.54. The molecule has 0 bridgehead atoms. The van der Waals surface area contributed by atoms with Crippen molar-refractivity contribution >= 4 is 23.1 Å². The number of ether oxygens (including phenoxy) is 1. The topological polar surface area (TPSA) is 77.5 Å². The van der Waals surface area contributed by atoms with Gasteiger partial charge in [-0.25, -0.2) is 0 Å². The van der Waals surface area contributed by atoms with Gasteiger partial charge in [0.25, 0.3) is 0 Å². The fourth-order valence-corrected chi connectivity index (χ4v) is 4.19. The summed E-state index contributed by atoms with van der Waals surface area (Å²) in [5.41, 5.74) is 0. The van der Waals surface area contributed by atoms with Crippen LogP contribution in [0.3, 0.4) is 0 Å². The molecule has 24 heavy (non-hydrogen) atoms. The molecule has 5 unspecified atom stereocenters. The van der Waals surface area contributed by atoms with Crippen LogP contribution in [0.1, 0.15) is 52.4 Å². The zero-order valence-corrected chi connectivity index (χ0v) is 14.9. The molecule has 2 aliphatic rings. The summed E-state index contributed by atoms with van der Waals surface area (Å²) in [6.07, 6.45) is 2.48. The molecule has 0 aromatic heterocycles. The van der Waals surface area contributed by atoms with Gasteiger partial charge in [0.1, 0.15) is 23.1 Å².